The molecule has 4 heterocycles. The minimum Gasteiger partial charge on any atom is -0.379 e. The minimum atomic E-state index is -0.0195. The van der Waals surface area contributed by atoms with Gasteiger partial charge in [0.25, 0.3) is 0 Å². The number of piperidine rings is 1. The van der Waals surface area contributed by atoms with E-state index in [4.69, 9.17) is 4.74 Å². The van der Waals surface area contributed by atoms with E-state index in [1.807, 2.05) is 29.6 Å². The van der Waals surface area contributed by atoms with Crippen LogP contribution in [0.4, 0.5) is 4.79 Å². The second kappa shape index (κ2) is 8.67. The molecular weight excluding hydrogens is 394 g/mol. The maximum absolute atomic E-state index is 12.6. The summed E-state index contributed by atoms with van der Waals surface area (Å²) in [7, 11) is 0. The molecule has 1 aliphatic carbocycles. The number of hydrogen-bond acceptors (Lipinski definition) is 5. The first-order chi connectivity index (χ1) is 15.1. The smallest absolute Gasteiger partial charge is 0.321 e. The lowest BCUT2D eigenvalue weighted by molar-refractivity contribution is -0.133. The monoisotopic (exact) mass is 427 g/mol. The first-order valence-corrected chi connectivity index (χ1v) is 11.6. The molecule has 1 atom stereocenters. The fraction of sp³-hybridized carbons (Fsp3) is 0.652. The summed E-state index contributed by atoms with van der Waals surface area (Å²) >= 11 is 0. The maximum Gasteiger partial charge on any atom is 0.321 e. The summed E-state index contributed by atoms with van der Waals surface area (Å²) in [6.07, 6.45) is 11.6. The number of dihydropyridines is 1. The summed E-state index contributed by atoms with van der Waals surface area (Å²) in [5.41, 5.74) is 2.58. The number of hydrogen-bond donors (Lipinski definition) is 2. The highest BCUT2D eigenvalue weighted by molar-refractivity contribution is 5.78. The van der Waals surface area contributed by atoms with Gasteiger partial charge in [0.15, 0.2) is 0 Å². The average molecular weight is 428 g/mol. The van der Waals surface area contributed by atoms with Crippen molar-refractivity contribution in [3.8, 4) is 0 Å². The van der Waals surface area contributed by atoms with Gasteiger partial charge in [0.1, 0.15) is 0 Å². The first kappa shape index (κ1) is 20.6. The van der Waals surface area contributed by atoms with Crippen LogP contribution >= 0.6 is 0 Å². The zero-order chi connectivity index (χ0) is 21.3. The Labute approximate surface area is 183 Å². The molecule has 2 N–H and O–H groups in total. The van der Waals surface area contributed by atoms with Crippen LogP contribution in [0, 0.1) is 11.3 Å². The van der Waals surface area contributed by atoms with Crippen LogP contribution in [-0.2, 0) is 9.53 Å². The van der Waals surface area contributed by atoms with E-state index in [2.05, 4.69) is 15.5 Å². The molecule has 31 heavy (non-hydrogen) atoms. The molecule has 5 aliphatic rings. The molecule has 1 saturated carbocycles. The predicted molar refractivity (Wildman–Crippen MR) is 117 cm³/mol. The lowest BCUT2D eigenvalue weighted by Crippen LogP contribution is -2.43. The summed E-state index contributed by atoms with van der Waals surface area (Å²) in [6, 6.07) is -0.0195. The van der Waals surface area contributed by atoms with Crippen molar-refractivity contribution in [1.29, 1.82) is 0 Å². The normalized spacial score (nSPS) is 26.8. The molecule has 5 rings (SSSR count). The van der Waals surface area contributed by atoms with Gasteiger partial charge in [-0.05, 0) is 47.8 Å². The van der Waals surface area contributed by atoms with Gasteiger partial charge in [-0.2, -0.15) is 0 Å². The van der Waals surface area contributed by atoms with Gasteiger partial charge in [0, 0.05) is 64.3 Å². The topological polar surface area (TPSA) is 77.2 Å². The summed E-state index contributed by atoms with van der Waals surface area (Å²) in [4.78, 5) is 31.3. The molecule has 3 amide bonds. The number of carbonyl (C=O) groups is 2. The van der Waals surface area contributed by atoms with E-state index in [0.717, 1.165) is 76.5 Å². The van der Waals surface area contributed by atoms with Crippen molar-refractivity contribution < 1.29 is 14.3 Å². The Hall–Kier alpha value is -2.32. The Kier molecular flexibility index (Phi) is 5.75. The number of nitrogens with one attached hydrogen (secondary N) is 2. The molecule has 0 aromatic carbocycles. The number of fused-ring (bicyclic) bond motifs is 1. The maximum atomic E-state index is 12.6. The van der Waals surface area contributed by atoms with Gasteiger partial charge >= 0.3 is 6.03 Å². The van der Waals surface area contributed by atoms with Crippen molar-refractivity contribution in [2.45, 2.75) is 25.7 Å². The molecule has 0 aromatic heterocycles. The fourth-order valence-electron chi connectivity index (χ4n) is 5.35. The van der Waals surface area contributed by atoms with E-state index in [1.165, 1.54) is 6.42 Å². The largest absolute Gasteiger partial charge is 0.379 e. The molecule has 0 bridgehead atoms. The van der Waals surface area contributed by atoms with E-state index in [9.17, 15) is 9.59 Å². The number of ether oxygens (including phenoxy) is 1. The summed E-state index contributed by atoms with van der Waals surface area (Å²) in [5.74, 6) is 0.827. The molecule has 4 aliphatic heterocycles. The zero-order valence-electron chi connectivity index (χ0n) is 18.1. The highest BCUT2D eigenvalue weighted by atomic mass is 16.5. The zero-order valence-corrected chi connectivity index (χ0v) is 18.1. The summed E-state index contributed by atoms with van der Waals surface area (Å²) in [5, 5.41) is 6.21. The number of carbonyl (C=O) groups excluding carboxylic acids is 2. The second-order valence-electron chi connectivity index (χ2n) is 9.42. The second-order valence-corrected chi connectivity index (χ2v) is 9.42. The van der Waals surface area contributed by atoms with Crippen molar-refractivity contribution >= 4 is 11.9 Å². The minimum absolute atomic E-state index is 0.0195. The van der Waals surface area contributed by atoms with Crippen LogP contribution in [-0.4, -0.2) is 85.7 Å². The highest BCUT2D eigenvalue weighted by Gasteiger charge is 2.54. The van der Waals surface area contributed by atoms with Gasteiger partial charge in [0.05, 0.1) is 19.8 Å². The quantitative estimate of drug-likeness (QED) is 0.691. The molecule has 0 radical (unpaired) electrons. The summed E-state index contributed by atoms with van der Waals surface area (Å²) in [6.45, 7) is 7.34. The van der Waals surface area contributed by atoms with Crippen molar-refractivity contribution in [3.05, 3.63) is 35.8 Å². The molecular formula is C23H33N5O3. The number of urea groups is 1. The van der Waals surface area contributed by atoms with Crippen molar-refractivity contribution in [2.75, 3.05) is 59.0 Å². The molecule has 1 spiro atoms. The van der Waals surface area contributed by atoms with Crippen LogP contribution in [0.15, 0.2) is 35.8 Å². The molecule has 168 valence electrons. The summed E-state index contributed by atoms with van der Waals surface area (Å²) < 4.78 is 5.37. The number of allylic oxidation sites excluding steroid dienone is 1. The Balaban J connectivity index is 1.02. The average Bonchev–Trinajstić information content (AvgIpc) is 3.28. The number of amides is 3. The molecule has 8 heteroatoms. The molecule has 2 saturated heterocycles. The van der Waals surface area contributed by atoms with Crippen LogP contribution in [0.2, 0.25) is 0 Å². The first-order valence-electron chi connectivity index (χ1n) is 11.6. The Morgan fingerprint density at radius 2 is 2.00 bits per heavy atom. The standard InChI is InChI=1S/C23H33N5O3/c29-21(2-6-26-9-11-31-12-10-26)27-7-3-23(4-8-27)13-20(23)15-25-22(30)28-16-18-1-5-24-14-19(18)17-28/h1,5,14,16,20,24H,2-4,6-13,15,17H2,(H,25,30). The number of likely N-dealkylation sites (tertiary alicyclic amines) is 1. The van der Waals surface area contributed by atoms with E-state index in [0.29, 0.717) is 24.3 Å². The number of morpholine rings is 1. The Bertz CT molecular complexity index is 806. The fourth-order valence-corrected chi connectivity index (χ4v) is 5.35. The van der Waals surface area contributed by atoms with Crippen molar-refractivity contribution in [2.24, 2.45) is 11.3 Å². The van der Waals surface area contributed by atoms with E-state index >= 15 is 0 Å². The van der Waals surface area contributed by atoms with Crippen molar-refractivity contribution in [3.63, 3.8) is 0 Å². The van der Waals surface area contributed by atoms with Gasteiger partial charge in [-0.3, -0.25) is 14.6 Å². The van der Waals surface area contributed by atoms with Gasteiger partial charge in [-0.15, -0.1) is 0 Å². The third-order valence-electron chi connectivity index (χ3n) is 7.60. The number of nitrogens with zero attached hydrogens (tertiary/aromatic N) is 3. The lowest BCUT2D eigenvalue weighted by Gasteiger charge is -2.34. The van der Waals surface area contributed by atoms with Crippen LogP contribution < -0.4 is 10.6 Å². The Morgan fingerprint density at radius 3 is 2.77 bits per heavy atom. The van der Waals surface area contributed by atoms with E-state index in [1.54, 1.807) is 4.90 Å². The van der Waals surface area contributed by atoms with Gasteiger partial charge in [0.2, 0.25) is 5.91 Å². The van der Waals surface area contributed by atoms with Gasteiger partial charge in [-0.25, -0.2) is 4.79 Å². The van der Waals surface area contributed by atoms with E-state index in [-0.39, 0.29) is 11.9 Å². The number of rotatable bonds is 5. The third-order valence-corrected chi connectivity index (χ3v) is 7.60. The van der Waals surface area contributed by atoms with Gasteiger partial charge < -0.3 is 20.3 Å². The Morgan fingerprint density at radius 1 is 1.19 bits per heavy atom. The lowest BCUT2D eigenvalue weighted by atomic mass is 9.90. The molecule has 0 aromatic rings. The molecule has 1 unspecified atom stereocenters. The van der Waals surface area contributed by atoms with Crippen LogP contribution in [0.3, 0.4) is 0 Å². The predicted octanol–water partition coefficient (Wildman–Crippen LogP) is 1.25. The van der Waals surface area contributed by atoms with Crippen LogP contribution in [0.5, 0.6) is 0 Å². The van der Waals surface area contributed by atoms with Crippen LogP contribution in [0.1, 0.15) is 25.7 Å². The highest BCUT2D eigenvalue weighted by Crippen LogP contribution is 2.59. The van der Waals surface area contributed by atoms with E-state index < -0.39 is 0 Å². The molecule has 8 nitrogen and oxygen atoms in total. The third kappa shape index (κ3) is 4.50. The van der Waals surface area contributed by atoms with Gasteiger partial charge in [-0.1, -0.05) is 0 Å². The molecule has 3 fully saturated rings. The van der Waals surface area contributed by atoms with Crippen molar-refractivity contribution in [1.82, 2.24) is 25.3 Å². The SMILES string of the molecule is O=C(NCC1CC12CCN(C(=O)CCN1CCOCC1)CC2)N1C=C2C=CNC=C2C1. The van der Waals surface area contributed by atoms with Crippen LogP contribution in [0.25, 0.3) is 0 Å².